The molecule has 3 aliphatic rings. The van der Waals surface area contributed by atoms with Crippen LogP contribution < -0.4 is 0 Å². The van der Waals surface area contributed by atoms with E-state index in [1.54, 1.807) is 6.92 Å². The fraction of sp³-hybridized carbons (Fsp3) is 0.938. The first-order valence-electron chi connectivity index (χ1n) is 14.9. The highest BCUT2D eigenvalue weighted by molar-refractivity contribution is 5.79. The molecule has 3 heteroatoms. The van der Waals surface area contributed by atoms with Gasteiger partial charge in [-0.05, 0) is 86.4 Å². The van der Waals surface area contributed by atoms with Gasteiger partial charge in [-0.15, -0.1) is 0 Å². The number of esters is 1. The number of hydrogen-bond acceptors (Lipinski definition) is 3. The molecule has 0 aromatic carbocycles. The maximum Gasteiger partial charge on any atom is 0.306 e. The smallest absolute Gasteiger partial charge is 0.306 e. The van der Waals surface area contributed by atoms with Crippen LogP contribution in [0.3, 0.4) is 0 Å². The van der Waals surface area contributed by atoms with Gasteiger partial charge in [0.25, 0.3) is 0 Å². The van der Waals surface area contributed by atoms with E-state index in [-0.39, 0.29) is 11.6 Å². The van der Waals surface area contributed by atoms with Gasteiger partial charge in [0, 0.05) is 12.3 Å². The van der Waals surface area contributed by atoms with Crippen molar-refractivity contribution in [2.24, 2.45) is 40.4 Å². The molecule has 3 fully saturated rings. The first kappa shape index (κ1) is 32.2. The monoisotopic (exact) mass is 492 g/mol. The van der Waals surface area contributed by atoms with E-state index < -0.39 is 0 Å². The normalized spacial score (nSPS) is 29.4. The Morgan fingerprint density at radius 2 is 1.31 bits per heavy atom. The maximum absolute atomic E-state index is 11.9. The molecule has 0 aromatic rings. The standard InChI is InChI=1S/C17H30O.C11H20O2.C4H10/c1-10(18)12-8-11-9-13(12)15(17(5,6)7)14(11)16(2,3)4;1-3-10(12)13-11(4-2)8-6-5-7-9-11;1-3-4-2/h11-15H,8-9H2,1-7H3;3-9H2,1-2H3;3-4H2,1-2H3. The van der Waals surface area contributed by atoms with Crippen LogP contribution in [0.5, 0.6) is 0 Å². The second-order valence-electron chi connectivity index (χ2n) is 13.8. The average Bonchev–Trinajstić information content (AvgIpc) is 3.39. The van der Waals surface area contributed by atoms with Crippen molar-refractivity contribution < 1.29 is 14.3 Å². The van der Waals surface area contributed by atoms with Gasteiger partial charge in [0.1, 0.15) is 11.4 Å². The van der Waals surface area contributed by atoms with Crippen LogP contribution in [0.1, 0.15) is 147 Å². The summed E-state index contributed by atoms with van der Waals surface area (Å²) in [5.74, 6) is 3.69. The predicted octanol–water partition coefficient (Wildman–Crippen LogP) is 9.41. The van der Waals surface area contributed by atoms with Crippen molar-refractivity contribution in [3.8, 4) is 0 Å². The Morgan fingerprint density at radius 1 is 0.800 bits per heavy atom. The molecule has 0 aliphatic heterocycles. The van der Waals surface area contributed by atoms with Gasteiger partial charge in [-0.25, -0.2) is 0 Å². The third-order valence-electron chi connectivity index (χ3n) is 9.05. The quantitative estimate of drug-likeness (QED) is 0.359. The summed E-state index contributed by atoms with van der Waals surface area (Å²) in [4.78, 5) is 23.1. The molecule has 3 rings (SSSR count). The van der Waals surface area contributed by atoms with Crippen molar-refractivity contribution in [3.05, 3.63) is 0 Å². The summed E-state index contributed by atoms with van der Waals surface area (Å²) in [5.41, 5.74) is 0.593. The number of Topliss-reactive ketones (excluding diaryl/α,β-unsaturated/α-hetero) is 1. The lowest BCUT2D eigenvalue weighted by Crippen LogP contribution is -2.43. The summed E-state index contributed by atoms with van der Waals surface area (Å²) in [7, 11) is 0. The van der Waals surface area contributed by atoms with Crippen LogP contribution in [0, 0.1) is 40.4 Å². The van der Waals surface area contributed by atoms with Gasteiger partial charge in [-0.3, -0.25) is 9.59 Å². The molecule has 0 saturated heterocycles. The van der Waals surface area contributed by atoms with E-state index in [0.717, 1.165) is 37.5 Å². The van der Waals surface area contributed by atoms with Gasteiger partial charge in [0.2, 0.25) is 0 Å². The van der Waals surface area contributed by atoms with Crippen molar-refractivity contribution in [1.29, 1.82) is 0 Å². The third-order valence-corrected chi connectivity index (χ3v) is 9.05. The Labute approximate surface area is 218 Å². The molecule has 2 bridgehead atoms. The molecule has 0 radical (unpaired) electrons. The Hall–Kier alpha value is -0.860. The van der Waals surface area contributed by atoms with Crippen LogP contribution in [-0.2, 0) is 14.3 Å². The molecular formula is C32H60O3. The van der Waals surface area contributed by atoms with E-state index in [1.165, 1.54) is 38.5 Å². The molecule has 35 heavy (non-hydrogen) atoms. The Bertz CT molecular complexity index is 643. The Balaban J connectivity index is 0.000000316. The molecule has 0 spiro atoms. The SMILES string of the molecule is CC(=O)C1CC2CC1C(C(C)(C)C)C2C(C)(C)C.CCC(=O)OC1(CC)CCCCC1.CCCC. The van der Waals surface area contributed by atoms with E-state index >= 15 is 0 Å². The van der Waals surface area contributed by atoms with Crippen molar-refractivity contribution in [2.45, 2.75) is 152 Å². The molecule has 206 valence electrons. The highest BCUT2D eigenvalue weighted by atomic mass is 16.6. The van der Waals surface area contributed by atoms with Gasteiger partial charge < -0.3 is 4.74 Å². The summed E-state index contributed by atoms with van der Waals surface area (Å²) >= 11 is 0. The minimum atomic E-state index is -0.106. The van der Waals surface area contributed by atoms with Crippen LogP contribution >= 0.6 is 0 Å². The first-order chi connectivity index (χ1) is 16.2. The second kappa shape index (κ2) is 13.6. The largest absolute Gasteiger partial charge is 0.459 e. The lowest BCUT2D eigenvalue weighted by atomic mass is 9.56. The fourth-order valence-electron chi connectivity index (χ4n) is 7.29. The van der Waals surface area contributed by atoms with E-state index in [1.807, 2.05) is 6.92 Å². The van der Waals surface area contributed by atoms with Crippen molar-refractivity contribution in [3.63, 3.8) is 0 Å². The zero-order valence-electron chi connectivity index (χ0n) is 25.4. The van der Waals surface area contributed by atoms with E-state index in [2.05, 4.69) is 62.3 Å². The van der Waals surface area contributed by atoms with Gasteiger partial charge in [0.05, 0.1) is 0 Å². The van der Waals surface area contributed by atoms with Crippen LogP contribution in [0.25, 0.3) is 0 Å². The van der Waals surface area contributed by atoms with Gasteiger partial charge in [-0.2, -0.15) is 0 Å². The van der Waals surface area contributed by atoms with E-state index in [4.69, 9.17) is 4.74 Å². The highest BCUT2D eigenvalue weighted by Gasteiger charge is 2.59. The molecule has 3 aliphatic carbocycles. The van der Waals surface area contributed by atoms with E-state index in [9.17, 15) is 9.59 Å². The number of hydrogen-bond donors (Lipinski definition) is 0. The third kappa shape index (κ3) is 8.89. The minimum Gasteiger partial charge on any atom is -0.459 e. The zero-order chi connectivity index (χ0) is 27.0. The van der Waals surface area contributed by atoms with Crippen LogP contribution in [0.4, 0.5) is 0 Å². The number of rotatable bonds is 5. The second-order valence-corrected chi connectivity index (χ2v) is 13.8. The lowest BCUT2D eigenvalue weighted by Gasteiger charge is -2.48. The molecule has 0 amide bonds. The van der Waals surface area contributed by atoms with Gasteiger partial charge in [-0.1, -0.05) is 88.5 Å². The highest BCUT2D eigenvalue weighted by Crippen LogP contribution is 2.64. The van der Waals surface area contributed by atoms with Crippen LogP contribution in [0.2, 0.25) is 0 Å². The van der Waals surface area contributed by atoms with E-state index in [0.29, 0.717) is 40.8 Å². The topological polar surface area (TPSA) is 43.4 Å². The summed E-state index contributed by atoms with van der Waals surface area (Å²) in [5, 5.41) is 0. The molecule has 0 aromatic heterocycles. The number of ketones is 1. The predicted molar refractivity (Wildman–Crippen MR) is 149 cm³/mol. The number of unbranched alkanes of at least 4 members (excludes halogenated alkanes) is 1. The van der Waals surface area contributed by atoms with Gasteiger partial charge in [0.15, 0.2) is 0 Å². The Morgan fingerprint density at radius 3 is 1.69 bits per heavy atom. The molecule has 0 heterocycles. The van der Waals surface area contributed by atoms with Crippen LogP contribution in [-0.4, -0.2) is 17.4 Å². The maximum atomic E-state index is 11.9. The number of fused-ring (bicyclic) bond motifs is 2. The van der Waals surface area contributed by atoms with Crippen molar-refractivity contribution in [1.82, 2.24) is 0 Å². The number of carbonyl (C=O) groups is 2. The summed E-state index contributed by atoms with van der Waals surface area (Å²) in [6.45, 7) is 24.4. The molecule has 5 atom stereocenters. The fourth-order valence-corrected chi connectivity index (χ4v) is 7.29. The molecular weight excluding hydrogens is 432 g/mol. The molecule has 3 saturated carbocycles. The van der Waals surface area contributed by atoms with Crippen molar-refractivity contribution in [2.75, 3.05) is 0 Å². The number of carbonyl (C=O) groups excluding carboxylic acids is 2. The summed E-state index contributed by atoms with van der Waals surface area (Å²) in [6.07, 6.45) is 12.4. The molecule has 0 N–H and O–H groups in total. The average molecular weight is 493 g/mol. The lowest BCUT2D eigenvalue weighted by molar-refractivity contribution is -0.163. The molecule has 3 nitrogen and oxygen atoms in total. The van der Waals surface area contributed by atoms with Crippen molar-refractivity contribution >= 4 is 11.8 Å². The summed E-state index contributed by atoms with van der Waals surface area (Å²) < 4.78 is 5.54. The van der Waals surface area contributed by atoms with Gasteiger partial charge >= 0.3 is 5.97 Å². The number of ether oxygens (including phenoxy) is 1. The Kier molecular flexibility index (Phi) is 12.5. The molecule has 5 unspecified atom stereocenters. The summed E-state index contributed by atoms with van der Waals surface area (Å²) in [6, 6.07) is 0. The zero-order valence-corrected chi connectivity index (χ0v) is 25.4. The minimum absolute atomic E-state index is 0.0382. The van der Waals surface area contributed by atoms with Crippen LogP contribution in [0.15, 0.2) is 0 Å². The first-order valence-corrected chi connectivity index (χ1v) is 14.9.